The van der Waals surface area contributed by atoms with E-state index in [0.29, 0.717) is 0 Å². The Balaban J connectivity index is 0.000000405. The minimum atomic E-state index is 0. The van der Waals surface area contributed by atoms with Crippen LogP contribution in [0.15, 0.2) is 5.51 Å². The van der Waals surface area contributed by atoms with Gasteiger partial charge in [0.2, 0.25) is 0 Å². The minimum absolute atomic E-state index is 0. The van der Waals surface area contributed by atoms with Gasteiger partial charge >= 0.3 is 0 Å². The van der Waals surface area contributed by atoms with Gasteiger partial charge in [-0.2, -0.15) is 0 Å². The first-order valence-electron chi connectivity index (χ1n) is 2.59. The molecule has 0 aliphatic carbocycles. The number of hydrogen-bond donors (Lipinski definition) is 1. The van der Waals surface area contributed by atoms with Crippen LogP contribution in [0.3, 0.4) is 0 Å². The third kappa shape index (κ3) is 1.78. The highest BCUT2D eigenvalue weighted by Crippen LogP contribution is 2.16. The van der Waals surface area contributed by atoms with Gasteiger partial charge < -0.3 is 5.32 Å². The van der Waals surface area contributed by atoms with E-state index in [1.54, 1.807) is 11.3 Å². The largest absolute Gasteiger partial charge is 0.306 e. The summed E-state index contributed by atoms with van der Waals surface area (Å²) in [6, 6.07) is 0. The molecule has 0 radical (unpaired) electrons. The number of thiazole rings is 1. The van der Waals surface area contributed by atoms with Crippen molar-refractivity contribution in [3.63, 3.8) is 0 Å². The molecule has 0 aromatic carbocycles. The van der Waals surface area contributed by atoms with Crippen LogP contribution in [0.5, 0.6) is 0 Å². The average molecular weight is 288 g/mol. The van der Waals surface area contributed by atoms with Gasteiger partial charge in [-0.3, -0.25) is 0 Å². The number of rotatable bonds is 0. The minimum Gasteiger partial charge on any atom is -0.306 e. The smallest absolute Gasteiger partial charge is 0.0798 e. The number of fused-ring (bicyclic) bond motifs is 1. The highest BCUT2D eigenvalue weighted by atomic mass is 79.9. The first-order chi connectivity index (χ1) is 3.97. The molecule has 0 bridgehead atoms. The van der Waals surface area contributed by atoms with E-state index in [9.17, 15) is 0 Å². The van der Waals surface area contributed by atoms with E-state index in [1.165, 1.54) is 10.6 Å². The number of aromatic nitrogens is 1. The summed E-state index contributed by atoms with van der Waals surface area (Å²) >= 11 is 1.74. The summed E-state index contributed by atoms with van der Waals surface area (Å²) in [6.07, 6.45) is 0. The molecule has 0 saturated carbocycles. The summed E-state index contributed by atoms with van der Waals surface area (Å²) < 4.78 is 0. The molecule has 0 atom stereocenters. The maximum absolute atomic E-state index is 4.15. The van der Waals surface area contributed by atoms with Crippen LogP contribution in [-0.2, 0) is 13.1 Å². The molecule has 0 unspecified atom stereocenters. The normalized spacial score (nSPS) is 13.2. The summed E-state index contributed by atoms with van der Waals surface area (Å²) in [5.74, 6) is 0. The second-order valence-corrected chi connectivity index (χ2v) is 2.77. The van der Waals surface area contributed by atoms with Crippen molar-refractivity contribution < 1.29 is 0 Å². The van der Waals surface area contributed by atoms with Crippen molar-refractivity contribution in [1.82, 2.24) is 10.3 Å². The lowest BCUT2D eigenvalue weighted by Gasteiger charge is -1.81. The zero-order valence-electron chi connectivity index (χ0n) is 5.16. The van der Waals surface area contributed by atoms with Crippen LogP contribution in [-0.4, -0.2) is 4.98 Å². The second kappa shape index (κ2) is 4.43. The van der Waals surface area contributed by atoms with Gasteiger partial charge in [0.05, 0.1) is 11.2 Å². The van der Waals surface area contributed by atoms with Crippen LogP contribution in [0, 0.1) is 0 Å². The first-order valence-corrected chi connectivity index (χ1v) is 3.47. The molecule has 2 heterocycles. The van der Waals surface area contributed by atoms with Crippen LogP contribution in [0.1, 0.15) is 10.6 Å². The molecular weight excluding hydrogens is 280 g/mol. The zero-order chi connectivity index (χ0) is 5.40. The highest BCUT2D eigenvalue weighted by molar-refractivity contribution is 8.93. The Hall–Kier alpha value is 0.550. The standard InChI is InChI=1S/C5H6N2S.2BrH/c1-4-5(2-6-1)8-3-7-4;;/h3,6H,1-2H2;2*1H. The second-order valence-electron chi connectivity index (χ2n) is 1.83. The van der Waals surface area contributed by atoms with Gasteiger partial charge in [0.25, 0.3) is 0 Å². The fourth-order valence-electron chi connectivity index (χ4n) is 0.876. The summed E-state index contributed by atoms with van der Waals surface area (Å²) in [7, 11) is 0. The molecule has 0 spiro atoms. The van der Waals surface area contributed by atoms with Gasteiger partial charge in [-0.15, -0.1) is 45.3 Å². The molecule has 0 saturated heterocycles. The van der Waals surface area contributed by atoms with Gasteiger partial charge in [0, 0.05) is 18.0 Å². The third-order valence-electron chi connectivity index (χ3n) is 1.30. The molecule has 0 fully saturated rings. The summed E-state index contributed by atoms with van der Waals surface area (Å²) in [6.45, 7) is 2.00. The van der Waals surface area contributed by atoms with E-state index in [1.807, 2.05) is 5.51 Å². The predicted molar refractivity (Wildman–Crippen MR) is 53.3 cm³/mol. The highest BCUT2D eigenvalue weighted by Gasteiger charge is 2.10. The SMILES string of the molecule is Br.Br.c1nc2c(s1)CNC2. The zero-order valence-corrected chi connectivity index (χ0v) is 9.41. The molecule has 2 rings (SSSR count). The molecule has 1 aliphatic rings. The van der Waals surface area contributed by atoms with Crippen LogP contribution in [0.4, 0.5) is 0 Å². The Morgan fingerprint density at radius 2 is 2.20 bits per heavy atom. The van der Waals surface area contributed by atoms with E-state index >= 15 is 0 Å². The molecule has 58 valence electrons. The fourth-order valence-corrected chi connectivity index (χ4v) is 1.63. The topological polar surface area (TPSA) is 24.9 Å². The molecule has 1 aromatic heterocycles. The lowest BCUT2D eigenvalue weighted by molar-refractivity contribution is 0.758. The molecule has 1 N–H and O–H groups in total. The van der Waals surface area contributed by atoms with Crippen molar-refractivity contribution in [3.8, 4) is 0 Å². The van der Waals surface area contributed by atoms with Gasteiger partial charge in [0.15, 0.2) is 0 Å². The van der Waals surface area contributed by atoms with Crippen LogP contribution >= 0.6 is 45.3 Å². The molecule has 1 aliphatic heterocycles. The Labute approximate surface area is 84.6 Å². The Morgan fingerprint density at radius 1 is 1.40 bits per heavy atom. The number of nitrogens with zero attached hydrogens (tertiary/aromatic N) is 1. The lowest BCUT2D eigenvalue weighted by Crippen LogP contribution is -2.00. The maximum Gasteiger partial charge on any atom is 0.0798 e. The number of halogens is 2. The van der Waals surface area contributed by atoms with Crippen molar-refractivity contribution in [2.75, 3.05) is 0 Å². The van der Waals surface area contributed by atoms with Crippen molar-refractivity contribution in [3.05, 3.63) is 16.1 Å². The van der Waals surface area contributed by atoms with Crippen molar-refractivity contribution in [2.24, 2.45) is 0 Å². The Morgan fingerprint density at radius 3 is 2.90 bits per heavy atom. The van der Waals surface area contributed by atoms with Crippen molar-refractivity contribution in [1.29, 1.82) is 0 Å². The summed E-state index contributed by atoms with van der Waals surface area (Å²) in [4.78, 5) is 5.56. The van der Waals surface area contributed by atoms with E-state index in [0.717, 1.165) is 13.1 Å². The van der Waals surface area contributed by atoms with E-state index in [4.69, 9.17) is 0 Å². The van der Waals surface area contributed by atoms with Crippen molar-refractivity contribution >= 4 is 45.3 Å². The monoisotopic (exact) mass is 286 g/mol. The van der Waals surface area contributed by atoms with Gasteiger partial charge in [-0.1, -0.05) is 0 Å². The van der Waals surface area contributed by atoms with Crippen molar-refractivity contribution in [2.45, 2.75) is 13.1 Å². The third-order valence-corrected chi connectivity index (χ3v) is 2.18. The van der Waals surface area contributed by atoms with E-state index < -0.39 is 0 Å². The van der Waals surface area contributed by atoms with Crippen LogP contribution in [0.25, 0.3) is 0 Å². The maximum atomic E-state index is 4.15. The summed E-state index contributed by atoms with van der Waals surface area (Å²) in [5, 5.41) is 3.22. The number of hydrogen-bond acceptors (Lipinski definition) is 3. The Kier molecular flexibility index (Phi) is 4.68. The fraction of sp³-hybridized carbons (Fsp3) is 0.400. The quantitative estimate of drug-likeness (QED) is 0.788. The van der Waals surface area contributed by atoms with Gasteiger partial charge in [0.1, 0.15) is 0 Å². The average Bonchev–Trinajstić information content (AvgIpc) is 2.15. The molecule has 5 heteroatoms. The van der Waals surface area contributed by atoms with Gasteiger partial charge in [-0.05, 0) is 0 Å². The number of nitrogens with one attached hydrogen (secondary N) is 1. The van der Waals surface area contributed by atoms with E-state index in [2.05, 4.69) is 10.3 Å². The van der Waals surface area contributed by atoms with Gasteiger partial charge in [-0.25, -0.2) is 4.98 Å². The molecule has 1 aromatic rings. The molecule has 10 heavy (non-hydrogen) atoms. The van der Waals surface area contributed by atoms with Crippen LogP contribution in [0.2, 0.25) is 0 Å². The van der Waals surface area contributed by atoms with Crippen LogP contribution < -0.4 is 5.32 Å². The molecule has 2 nitrogen and oxygen atoms in total. The Bertz CT molecular complexity index is 183. The lowest BCUT2D eigenvalue weighted by atomic mass is 10.4. The summed E-state index contributed by atoms with van der Waals surface area (Å²) in [5.41, 5.74) is 3.15. The van der Waals surface area contributed by atoms with E-state index in [-0.39, 0.29) is 34.0 Å². The molecular formula is C5H8Br2N2S. The molecule has 0 amide bonds. The predicted octanol–water partition coefficient (Wildman–Crippen LogP) is 1.90. The first kappa shape index (κ1) is 10.6.